The molecule has 0 unspecified atom stereocenters. The zero-order chi connectivity index (χ0) is 13.3. The number of amides is 1. The standard InChI is InChI=1S/C10H10ClN3O3S/c1-5(4-6(15)16)12-9(17)7-8(11)13-10-14(7)2-3-18-10/h2-3,5H,4H2,1H3,(H,12,17)(H,15,16)/t5-/m1/s1. The summed E-state index contributed by atoms with van der Waals surface area (Å²) >= 11 is 7.25. The van der Waals surface area contributed by atoms with E-state index in [0.717, 1.165) is 0 Å². The molecule has 0 spiro atoms. The molecule has 0 saturated carbocycles. The van der Waals surface area contributed by atoms with E-state index in [9.17, 15) is 9.59 Å². The summed E-state index contributed by atoms with van der Waals surface area (Å²) in [5, 5.41) is 13.1. The van der Waals surface area contributed by atoms with Gasteiger partial charge in [-0.3, -0.25) is 14.0 Å². The number of nitrogens with one attached hydrogen (secondary N) is 1. The molecule has 2 heterocycles. The number of fused-ring (bicyclic) bond motifs is 1. The largest absolute Gasteiger partial charge is 0.481 e. The van der Waals surface area contributed by atoms with Crippen molar-refractivity contribution in [3.8, 4) is 0 Å². The minimum Gasteiger partial charge on any atom is -0.481 e. The zero-order valence-corrected chi connectivity index (χ0v) is 11.0. The second-order valence-electron chi connectivity index (χ2n) is 3.78. The Hall–Kier alpha value is -1.60. The summed E-state index contributed by atoms with van der Waals surface area (Å²) in [7, 11) is 0. The fourth-order valence-electron chi connectivity index (χ4n) is 1.57. The van der Waals surface area contributed by atoms with E-state index in [1.807, 2.05) is 0 Å². The SMILES string of the molecule is C[C@H](CC(=O)O)NC(=O)c1c(Cl)nc2sccn12. The summed E-state index contributed by atoms with van der Waals surface area (Å²) in [4.78, 5) is 27.2. The molecule has 0 aliphatic carbocycles. The lowest BCUT2D eigenvalue weighted by Crippen LogP contribution is -2.34. The lowest BCUT2D eigenvalue weighted by molar-refractivity contribution is -0.137. The Labute approximate surface area is 111 Å². The first-order valence-electron chi connectivity index (χ1n) is 5.12. The van der Waals surface area contributed by atoms with E-state index in [1.54, 1.807) is 22.9 Å². The van der Waals surface area contributed by atoms with Gasteiger partial charge in [-0.05, 0) is 6.92 Å². The number of halogens is 1. The smallest absolute Gasteiger partial charge is 0.305 e. The second kappa shape index (κ2) is 4.95. The van der Waals surface area contributed by atoms with Crippen LogP contribution in [0.1, 0.15) is 23.8 Å². The van der Waals surface area contributed by atoms with Crippen LogP contribution in [0.5, 0.6) is 0 Å². The maximum Gasteiger partial charge on any atom is 0.305 e. The molecular weight excluding hydrogens is 278 g/mol. The van der Waals surface area contributed by atoms with Crippen molar-refractivity contribution < 1.29 is 14.7 Å². The third-order valence-corrected chi connectivity index (χ3v) is 3.31. The average molecular weight is 288 g/mol. The predicted octanol–water partition coefficient (Wildman–Crippen LogP) is 1.64. The van der Waals surface area contributed by atoms with Crippen LogP contribution >= 0.6 is 22.9 Å². The van der Waals surface area contributed by atoms with Crippen molar-refractivity contribution in [3.63, 3.8) is 0 Å². The van der Waals surface area contributed by atoms with Crippen LogP contribution in [0.3, 0.4) is 0 Å². The van der Waals surface area contributed by atoms with Crippen LogP contribution in [0.4, 0.5) is 0 Å². The van der Waals surface area contributed by atoms with Crippen LogP contribution in [-0.4, -0.2) is 32.4 Å². The molecule has 0 fully saturated rings. The van der Waals surface area contributed by atoms with Crippen LogP contribution in [-0.2, 0) is 4.79 Å². The monoisotopic (exact) mass is 287 g/mol. The highest BCUT2D eigenvalue weighted by atomic mass is 35.5. The molecule has 0 aliphatic heterocycles. The van der Waals surface area contributed by atoms with Gasteiger partial charge < -0.3 is 10.4 Å². The second-order valence-corrected chi connectivity index (χ2v) is 5.01. The van der Waals surface area contributed by atoms with Crippen LogP contribution in [0.2, 0.25) is 5.15 Å². The molecule has 2 aromatic rings. The number of thiazole rings is 1. The fourth-order valence-corrected chi connectivity index (χ4v) is 2.59. The average Bonchev–Trinajstić information content (AvgIpc) is 2.74. The number of hydrogen-bond acceptors (Lipinski definition) is 4. The highest BCUT2D eigenvalue weighted by Crippen LogP contribution is 2.21. The van der Waals surface area contributed by atoms with Gasteiger partial charge in [0.1, 0.15) is 0 Å². The Kier molecular flexibility index (Phi) is 3.53. The molecular formula is C10H10ClN3O3S. The third kappa shape index (κ3) is 2.46. The number of imidazole rings is 1. The van der Waals surface area contributed by atoms with Gasteiger partial charge in [-0.1, -0.05) is 11.6 Å². The number of rotatable bonds is 4. The van der Waals surface area contributed by atoms with Gasteiger partial charge in [0.25, 0.3) is 5.91 Å². The normalized spacial score (nSPS) is 12.6. The Bertz CT molecular complexity index is 607. The van der Waals surface area contributed by atoms with Crippen molar-refractivity contribution in [1.29, 1.82) is 0 Å². The Morgan fingerprint density at radius 2 is 2.39 bits per heavy atom. The number of carboxylic acids is 1. The third-order valence-electron chi connectivity index (χ3n) is 2.29. The predicted molar refractivity (Wildman–Crippen MR) is 67.3 cm³/mol. The molecule has 96 valence electrons. The van der Waals surface area contributed by atoms with Crippen molar-refractivity contribution in [1.82, 2.24) is 14.7 Å². The van der Waals surface area contributed by atoms with Crippen LogP contribution in [0, 0.1) is 0 Å². The molecule has 0 saturated heterocycles. The Morgan fingerprint density at radius 3 is 3.06 bits per heavy atom. The summed E-state index contributed by atoms with van der Waals surface area (Å²) in [5.41, 5.74) is 0.227. The minimum absolute atomic E-state index is 0.113. The molecule has 0 bridgehead atoms. The molecule has 1 amide bonds. The number of carbonyl (C=O) groups is 2. The number of aliphatic carboxylic acids is 1. The first kappa shape index (κ1) is 12.8. The minimum atomic E-state index is -0.970. The van der Waals surface area contributed by atoms with Gasteiger partial charge in [0.15, 0.2) is 15.8 Å². The first-order valence-corrected chi connectivity index (χ1v) is 6.38. The molecule has 1 atom stereocenters. The molecule has 6 nitrogen and oxygen atoms in total. The fraction of sp³-hybridized carbons (Fsp3) is 0.300. The molecule has 18 heavy (non-hydrogen) atoms. The van der Waals surface area contributed by atoms with Gasteiger partial charge in [-0.15, -0.1) is 11.3 Å². The summed E-state index contributed by atoms with van der Waals surface area (Å²) in [6, 6.07) is -0.477. The van der Waals surface area contributed by atoms with Gasteiger partial charge in [0, 0.05) is 17.6 Å². The van der Waals surface area contributed by atoms with E-state index < -0.39 is 17.9 Å². The van der Waals surface area contributed by atoms with E-state index in [0.29, 0.717) is 4.96 Å². The quantitative estimate of drug-likeness (QED) is 0.895. The lowest BCUT2D eigenvalue weighted by Gasteiger charge is -2.10. The van der Waals surface area contributed by atoms with Gasteiger partial charge in [0.05, 0.1) is 6.42 Å². The van der Waals surface area contributed by atoms with Crippen molar-refractivity contribution in [2.45, 2.75) is 19.4 Å². The van der Waals surface area contributed by atoms with E-state index in [2.05, 4.69) is 10.3 Å². The number of carboxylic acid groups (broad SMARTS) is 1. The van der Waals surface area contributed by atoms with Gasteiger partial charge in [-0.2, -0.15) is 0 Å². The Balaban J connectivity index is 2.20. The van der Waals surface area contributed by atoms with E-state index in [4.69, 9.17) is 16.7 Å². The van der Waals surface area contributed by atoms with Gasteiger partial charge in [-0.25, -0.2) is 4.98 Å². The summed E-state index contributed by atoms with van der Waals surface area (Å²) < 4.78 is 1.58. The molecule has 0 radical (unpaired) electrons. The topological polar surface area (TPSA) is 83.7 Å². The first-order chi connectivity index (χ1) is 8.49. The van der Waals surface area contributed by atoms with E-state index >= 15 is 0 Å². The molecule has 0 aliphatic rings. The van der Waals surface area contributed by atoms with Crippen molar-refractivity contribution >= 4 is 39.8 Å². The summed E-state index contributed by atoms with van der Waals surface area (Å²) in [6.45, 7) is 1.62. The Morgan fingerprint density at radius 1 is 1.67 bits per heavy atom. The highest BCUT2D eigenvalue weighted by molar-refractivity contribution is 7.15. The highest BCUT2D eigenvalue weighted by Gasteiger charge is 2.20. The number of hydrogen-bond donors (Lipinski definition) is 2. The van der Waals surface area contributed by atoms with E-state index in [-0.39, 0.29) is 17.3 Å². The molecule has 2 aromatic heterocycles. The zero-order valence-electron chi connectivity index (χ0n) is 9.38. The van der Waals surface area contributed by atoms with Crippen molar-refractivity contribution in [2.75, 3.05) is 0 Å². The molecule has 2 rings (SSSR count). The van der Waals surface area contributed by atoms with Gasteiger partial charge in [0.2, 0.25) is 0 Å². The maximum absolute atomic E-state index is 12.0. The number of nitrogens with zero attached hydrogens (tertiary/aromatic N) is 2. The van der Waals surface area contributed by atoms with Crippen molar-refractivity contribution in [2.24, 2.45) is 0 Å². The maximum atomic E-state index is 12.0. The van der Waals surface area contributed by atoms with Gasteiger partial charge >= 0.3 is 5.97 Å². The molecule has 0 aromatic carbocycles. The van der Waals surface area contributed by atoms with Crippen molar-refractivity contribution in [3.05, 3.63) is 22.4 Å². The van der Waals surface area contributed by atoms with E-state index in [1.165, 1.54) is 11.3 Å². The molecule has 2 N–H and O–H groups in total. The number of aromatic nitrogens is 2. The number of carbonyl (C=O) groups excluding carboxylic acids is 1. The van der Waals surface area contributed by atoms with Crippen LogP contribution in [0.15, 0.2) is 11.6 Å². The lowest BCUT2D eigenvalue weighted by atomic mass is 10.2. The molecule has 8 heteroatoms. The summed E-state index contributed by atoms with van der Waals surface area (Å²) in [6.07, 6.45) is 1.55. The summed E-state index contributed by atoms with van der Waals surface area (Å²) in [5.74, 6) is -1.40. The van der Waals surface area contributed by atoms with Crippen LogP contribution < -0.4 is 5.32 Å². The van der Waals surface area contributed by atoms with Crippen LogP contribution in [0.25, 0.3) is 4.96 Å².